The van der Waals surface area contributed by atoms with E-state index in [1.165, 1.54) is 20.1 Å². The van der Waals surface area contributed by atoms with Gasteiger partial charge in [-0.05, 0) is 48.9 Å². The number of methoxy groups -OCH3 is 2. The van der Waals surface area contributed by atoms with Gasteiger partial charge in [0, 0.05) is 11.6 Å². The molecule has 0 saturated carbocycles. The maximum atomic E-state index is 12.1. The van der Waals surface area contributed by atoms with Crippen LogP contribution in [0.15, 0.2) is 48.5 Å². The van der Waals surface area contributed by atoms with E-state index in [0.29, 0.717) is 22.7 Å². The van der Waals surface area contributed by atoms with Gasteiger partial charge in [0.15, 0.2) is 5.78 Å². The summed E-state index contributed by atoms with van der Waals surface area (Å²) in [6.07, 6.45) is 3.09. The minimum absolute atomic E-state index is 0.0833. The predicted octanol–water partition coefficient (Wildman–Crippen LogP) is 3.56. The minimum atomic E-state index is -0.322. The molecule has 0 heterocycles. The largest absolute Gasteiger partial charge is 0.497 e. The van der Waals surface area contributed by atoms with E-state index in [1.54, 1.807) is 31.4 Å². The number of ketones is 1. The van der Waals surface area contributed by atoms with Gasteiger partial charge in [0.2, 0.25) is 5.91 Å². The number of benzene rings is 2. The van der Waals surface area contributed by atoms with Gasteiger partial charge in [-0.15, -0.1) is 0 Å². The second kappa shape index (κ2) is 7.97. The number of nitrogens with one attached hydrogen (secondary N) is 1. The van der Waals surface area contributed by atoms with Gasteiger partial charge in [-0.2, -0.15) is 0 Å². The fraction of sp³-hybridized carbons (Fsp3) is 0.158. The molecule has 2 aromatic rings. The van der Waals surface area contributed by atoms with Crippen LogP contribution in [0.1, 0.15) is 22.8 Å². The third-order valence-corrected chi connectivity index (χ3v) is 3.38. The summed E-state index contributed by atoms with van der Waals surface area (Å²) in [5.41, 5.74) is 1.79. The molecular weight excluding hydrogens is 306 g/mol. The zero-order valence-corrected chi connectivity index (χ0v) is 13.8. The Morgan fingerprint density at radius 2 is 1.83 bits per heavy atom. The molecule has 0 spiro atoms. The molecule has 0 bridgehead atoms. The van der Waals surface area contributed by atoms with Crippen LogP contribution in [0, 0.1) is 0 Å². The van der Waals surface area contributed by atoms with Crippen LogP contribution in [-0.2, 0) is 4.79 Å². The van der Waals surface area contributed by atoms with Gasteiger partial charge in [0.05, 0.1) is 19.9 Å². The number of carbonyl (C=O) groups is 2. The zero-order valence-electron chi connectivity index (χ0n) is 13.8. The molecule has 2 rings (SSSR count). The summed E-state index contributed by atoms with van der Waals surface area (Å²) in [6.45, 7) is 1.47. The lowest BCUT2D eigenvalue weighted by atomic mass is 10.1. The molecule has 0 aromatic heterocycles. The molecule has 1 amide bonds. The Kier molecular flexibility index (Phi) is 5.73. The van der Waals surface area contributed by atoms with Crippen LogP contribution in [0.5, 0.6) is 11.5 Å². The van der Waals surface area contributed by atoms with Gasteiger partial charge >= 0.3 is 0 Å². The lowest BCUT2D eigenvalue weighted by molar-refractivity contribution is -0.111. The summed E-state index contributed by atoms with van der Waals surface area (Å²) in [5, 5.41) is 2.72. The van der Waals surface area contributed by atoms with Gasteiger partial charge in [0.25, 0.3) is 0 Å². The van der Waals surface area contributed by atoms with Gasteiger partial charge in [-0.25, -0.2) is 0 Å². The first-order chi connectivity index (χ1) is 11.5. The van der Waals surface area contributed by atoms with Crippen molar-refractivity contribution in [2.75, 3.05) is 19.5 Å². The highest BCUT2D eigenvalue weighted by Gasteiger charge is 2.09. The molecule has 0 aliphatic heterocycles. The normalized spacial score (nSPS) is 10.5. The molecule has 2 aromatic carbocycles. The van der Waals surface area contributed by atoms with E-state index in [1.807, 2.05) is 24.3 Å². The van der Waals surface area contributed by atoms with Crippen LogP contribution >= 0.6 is 0 Å². The quantitative estimate of drug-likeness (QED) is 0.651. The summed E-state index contributed by atoms with van der Waals surface area (Å²) < 4.78 is 10.3. The van der Waals surface area contributed by atoms with E-state index in [2.05, 4.69) is 5.32 Å². The Bertz CT molecular complexity index is 781. The van der Waals surface area contributed by atoms with Crippen LogP contribution in [0.2, 0.25) is 0 Å². The average molecular weight is 325 g/mol. The van der Waals surface area contributed by atoms with Crippen LogP contribution in [-0.4, -0.2) is 25.9 Å². The summed E-state index contributed by atoms with van der Waals surface area (Å²) in [7, 11) is 3.09. The number of rotatable bonds is 6. The Balaban J connectivity index is 2.15. The minimum Gasteiger partial charge on any atom is -0.497 e. The topological polar surface area (TPSA) is 64.6 Å². The molecule has 24 heavy (non-hydrogen) atoms. The molecule has 0 fully saturated rings. The lowest BCUT2D eigenvalue weighted by Crippen LogP contribution is -2.09. The van der Waals surface area contributed by atoms with Crippen molar-refractivity contribution < 1.29 is 19.1 Å². The van der Waals surface area contributed by atoms with Crippen LogP contribution < -0.4 is 14.8 Å². The van der Waals surface area contributed by atoms with Crippen molar-refractivity contribution >= 4 is 23.5 Å². The smallest absolute Gasteiger partial charge is 0.248 e. The highest BCUT2D eigenvalue weighted by Crippen LogP contribution is 2.25. The Labute approximate surface area is 140 Å². The molecule has 5 heteroatoms. The van der Waals surface area contributed by atoms with Gasteiger partial charge in [-0.1, -0.05) is 12.1 Å². The molecule has 1 N–H and O–H groups in total. The first kappa shape index (κ1) is 17.3. The van der Waals surface area contributed by atoms with E-state index in [-0.39, 0.29) is 11.7 Å². The molecule has 124 valence electrons. The van der Waals surface area contributed by atoms with E-state index in [9.17, 15) is 9.59 Å². The van der Waals surface area contributed by atoms with Crippen molar-refractivity contribution in [3.8, 4) is 11.5 Å². The lowest BCUT2D eigenvalue weighted by Gasteiger charge is -2.10. The molecule has 0 aliphatic carbocycles. The fourth-order valence-electron chi connectivity index (χ4n) is 2.12. The number of ether oxygens (including phenoxy) is 2. The first-order valence-electron chi connectivity index (χ1n) is 7.35. The maximum Gasteiger partial charge on any atom is 0.248 e. The molecular formula is C19H19NO4. The third-order valence-electron chi connectivity index (χ3n) is 3.38. The Morgan fingerprint density at radius 1 is 1.04 bits per heavy atom. The van der Waals surface area contributed by atoms with Crippen LogP contribution in [0.3, 0.4) is 0 Å². The average Bonchev–Trinajstić information content (AvgIpc) is 2.60. The van der Waals surface area contributed by atoms with Gasteiger partial charge in [-0.3, -0.25) is 9.59 Å². The zero-order chi connectivity index (χ0) is 17.5. The number of carbonyl (C=O) groups excluding carboxylic acids is 2. The third kappa shape index (κ3) is 4.46. The molecule has 0 atom stereocenters. The SMILES string of the molecule is COc1cccc(/C=C/C(=O)Nc2cc(C(C)=O)ccc2OC)c1. The highest BCUT2D eigenvalue weighted by molar-refractivity contribution is 6.04. The Hall–Kier alpha value is -3.08. The summed E-state index contributed by atoms with van der Waals surface area (Å²) in [4.78, 5) is 23.6. The second-order valence-electron chi connectivity index (χ2n) is 5.07. The van der Waals surface area contributed by atoms with E-state index in [0.717, 1.165) is 5.56 Å². The highest BCUT2D eigenvalue weighted by atomic mass is 16.5. The monoisotopic (exact) mass is 325 g/mol. The standard InChI is InChI=1S/C19H19NO4/c1-13(21)15-8-9-18(24-3)17(12-15)20-19(22)10-7-14-5-4-6-16(11-14)23-2/h4-12H,1-3H3,(H,20,22)/b10-7+. The number of hydrogen-bond donors (Lipinski definition) is 1. The van der Waals surface area contributed by atoms with Crippen LogP contribution in [0.4, 0.5) is 5.69 Å². The number of hydrogen-bond acceptors (Lipinski definition) is 4. The number of anilines is 1. The molecule has 5 nitrogen and oxygen atoms in total. The predicted molar refractivity (Wildman–Crippen MR) is 93.7 cm³/mol. The molecule has 0 saturated heterocycles. The summed E-state index contributed by atoms with van der Waals surface area (Å²) >= 11 is 0. The summed E-state index contributed by atoms with van der Waals surface area (Å²) in [6, 6.07) is 12.3. The first-order valence-corrected chi connectivity index (χ1v) is 7.35. The van der Waals surface area contributed by atoms with Crippen molar-refractivity contribution in [3.63, 3.8) is 0 Å². The Morgan fingerprint density at radius 3 is 2.50 bits per heavy atom. The fourth-order valence-corrected chi connectivity index (χ4v) is 2.12. The maximum absolute atomic E-state index is 12.1. The molecule has 0 aliphatic rings. The second-order valence-corrected chi connectivity index (χ2v) is 5.07. The number of Topliss-reactive ketones (excluding diaryl/α,β-unsaturated/α-hetero) is 1. The van der Waals surface area contributed by atoms with E-state index < -0.39 is 0 Å². The van der Waals surface area contributed by atoms with Crippen molar-refractivity contribution in [2.24, 2.45) is 0 Å². The molecule has 0 radical (unpaired) electrons. The number of amides is 1. The van der Waals surface area contributed by atoms with Crippen molar-refractivity contribution in [1.82, 2.24) is 0 Å². The van der Waals surface area contributed by atoms with E-state index in [4.69, 9.17) is 9.47 Å². The van der Waals surface area contributed by atoms with E-state index >= 15 is 0 Å². The van der Waals surface area contributed by atoms with Crippen molar-refractivity contribution in [2.45, 2.75) is 6.92 Å². The molecule has 0 unspecified atom stereocenters. The van der Waals surface area contributed by atoms with Gasteiger partial charge < -0.3 is 14.8 Å². The van der Waals surface area contributed by atoms with Crippen molar-refractivity contribution in [1.29, 1.82) is 0 Å². The van der Waals surface area contributed by atoms with Gasteiger partial charge in [0.1, 0.15) is 11.5 Å². The summed E-state index contributed by atoms with van der Waals surface area (Å²) in [5.74, 6) is 0.799. The van der Waals surface area contributed by atoms with Crippen molar-refractivity contribution in [3.05, 3.63) is 59.7 Å². The van der Waals surface area contributed by atoms with Crippen LogP contribution in [0.25, 0.3) is 6.08 Å².